The Labute approximate surface area is 194 Å². The number of benzene rings is 1. The highest BCUT2D eigenvalue weighted by molar-refractivity contribution is 5.99. The summed E-state index contributed by atoms with van der Waals surface area (Å²) in [7, 11) is 0. The van der Waals surface area contributed by atoms with Crippen LogP contribution in [0.2, 0.25) is 0 Å². The Morgan fingerprint density at radius 2 is 2.09 bits per heavy atom. The second kappa shape index (κ2) is 8.29. The van der Waals surface area contributed by atoms with E-state index in [2.05, 4.69) is 50.1 Å². The number of pyridine rings is 2. The van der Waals surface area contributed by atoms with Crippen molar-refractivity contribution >= 4 is 22.3 Å². The van der Waals surface area contributed by atoms with Crippen LogP contribution in [0.25, 0.3) is 15.7 Å². The third-order valence-corrected chi connectivity index (χ3v) is 7.27. The number of anilines is 1. The molecule has 2 saturated heterocycles. The number of nitrogens with zero attached hydrogens (tertiary/aromatic N) is 5. The lowest BCUT2D eigenvalue weighted by molar-refractivity contribution is 0.149. The van der Waals surface area contributed by atoms with Gasteiger partial charge >= 0.3 is 0 Å². The number of hydrogen-bond acceptors (Lipinski definition) is 6. The summed E-state index contributed by atoms with van der Waals surface area (Å²) in [5.41, 5.74) is 5.04. The van der Waals surface area contributed by atoms with Crippen molar-refractivity contribution in [1.29, 1.82) is 0 Å². The Morgan fingerprint density at radius 1 is 1.15 bits per heavy atom. The molecule has 2 aromatic heterocycles. The number of aromatic nitrogens is 2. The van der Waals surface area contributed by atoms with Gasteiger partial charge in [-0.15, -0.1) is 0 Å². The molecule has 0 bridgehead atoms. The van der Waals surface area contributed by atoms with Gasteiger partial charge in [0.05, 0.1) is 17.8 Å². The minimum atomic E-state index is 0.160. The fourth-order valence-electron chi connectivity index (χ4n) is 5.71. The number of piperazine rings is 1. The van der Waals surface area contributed by atoms with E-state index in [0.717, 1.165) is 62.3 Å². The summed E-state index contributed by atoms with van der Waals surface area (Å²) in [5, 5.41) is 4.46. The molecule has 3 aliphatic rings. The van der Waals surface area contributed by atoms with Crippen LogP contribution in [0, 0.1) is 6.57 Å². The largest absolute Gasteiger partial charge is 0.473 e. The van der Waals surface area contributed by atoms with E-state index in [4.69, 9.17) is 16.3 Å². The van der Waals surface area contributed by atoms with E-state index in [1.165, 1.54) is 16.9 Å². The molecule has 1 N–H and O–H groups in total. The first-order valence-electron chi connectivity index (χ1n) is 11.8. The van der Waals surface area contributed by atoms with Gasteiger partial charge in [0, 0.05) is 81.0 Å². The molecule has 168 valence electrons. The number of ether oxygens (including phenoxy) is 1. The highest BCUT2D eigenvalue weighted by atomic mass is 16.5. The molecule has 3 atom stereocenters. The van der Waals surface area contributed by atoms with Gasteiger partial charge in [0.25, 0.3) is 0 Å². The van der Waals surface area contributed by atoms with Gasteiger partial charge in [-0.1, -0.05) is 18.2 Å². The third kappa shape index (κ3) is 3.69. The van der Waals surface area contributed by atoms with Crippen molar-refractivity contribution in [2.75, 3.05) is 31.1 Å². The average molecular weight is 441 g/mol. The van der Waals surface area contributed by atoms with Crippen LogP contribution in [0.1, 0.15) is 24.6 Å². The van der Waals surface area contributed by atoms with E-state index in [0.29, 0.717) is 17.8 Å². The van der Waals surface area contributed by atoms with E-state index in [-0.39, 0.29) is 6.10 Å². The summed E-state index contributed by atoms with van der Waals surface area (Å²) >= 11 is 0. The van der Waals surface area contributed by atoms with Gasteiger partial charge in [0.15, 0.2) is 0 Å². The SMILES string of the molecule is [C-]#[N+]c1ccc(N2C[C@@H]3CC(Oc4ccc5c(n4)CCNC5)CN3[C@H](C)C2)c2cccnc12. The van der Waals surface area contributed by atoms with Crippen LogP contribution < -0.4 is 15.0 Å². The molecule has 0 radical (unpaired) electrons. The molecule has 1 aromatic carbocycles. The number of rotatable bonds is 3. The zero-order chi connectivity index (χ0) is 22.4. The van der Waals surface area contributed by atoms with Crippen molar-refractivity contribution in [2.24, 2.45) is 0 Å². The highest BCUT2D eigenvalue weighted by Gasteiger charge is 2.41. The Balaban J connectivity index is 1.21. The molecule has 0 amide bonds. The second-order valence-electron chi connectivity index (χ2n) is 9.38. The fourth-order valence-corrected chi connectivity index (χ4v) is 5.71. The van der Waals surface area contributed by atoms with Crippen LogP contribution >= 0.6 is 0 Å². The van der Waals surface area contributed by atoms with Crippen LogP contribution in [0.3, 0.4) is 0 Å². The van der Waals surface area contributed by atoms with E-state index in [1.54, 1.807) is 6.20 Å². The van der Waals surface area contributed by atoms with Gasteiger partial charge in [-0.25, -0.2) is 9.83 Å². The maximum atomic E-state index is 7.48. The van der Waals surface area contributed by atoms with Crippen LogP contribution in [0.5, 0.6) is 5.88 Å². The quantitative estimate of drug-likeness (QED) is 0.629. The molecule has 3 aromatic rings. The number of fused-ring (bicyclic) bond motifs is 3. The smallest absolute Gasteiger partial charge is 0.213 e. The Bertz CT molecular complexity index is 1240. The van der Waals surface area contributed by atoms with E-state index >= 15 is 0 Å². The summed E-state index contributed by atoms with van der Waals surface area (Å²) in [4.78, 5) is 18.0. The molecular weight excluding hydrogens is 412 g/mol. The van der Waals surface area contributed by atoms with Crippen molar-refractivity contribution < 1.29 is 4.74 Å². The molecule has 33 heavy (non-hydrogen) atoms. The lowest BCUT2D eigenvalue weighted by atomic mass is 10.0. The topological polar surface area (TPSA) is 57.9 Å². The van der Waals surface area contributed by atoms with E-state index in [9.17, 15) is 0 Å². The molecular formula is C26H28N6O. The van der Waals surface area contributed by atoms with Gasteiger partial charge < -0.3 is 15.0 Å². The summed E-state index contributed by atoms with van der Waals surface area (Å²) < 4.78 is 6.39. The summed E-state index contributed by atoms with van der Waals surface area (Å²) in [6.45, 7) is 14.5. The Kier molecular flexibility index (Phi) is 5.12. The second-order valence-corrected chi connectivity index (χ2v) is 9.38. The maximum Gasteiger partial charge on any atom is 0.213 e. The molecule has 1 unspecified atom stereocenters. The molecule has 0 aliphatic carbocycles. The molecule has 0 spiro atoms. The minimum absolute atomic E-state index is 0.160. The predicted octanol–water partition coefficient (Wildman–Crippen LogP) is 3.56. The Hall–Kier alpha value is -3.21. The zero-order valence-corrected chi connectivity index (χ0v) is 18.9. The first kappa shape index (κ1) is 20.4. The van der Waals surface area contributed by atoms with Crippen molar-refractivity contribution in [3.8, 4) is 5.88 Å². The zero-order valence-electron chi connectivity index (χ0n) is 18.9. The van der Waals surface area contributed by atoms with Crippen molar-refractivity contribution in [3.63, 3.8) is 0 Å². The molecule has 3 aliphatic heterocycles. The number of nitrogens with one attached hydrogen (secondary N) is 1. The summed E-state index contributed by atoms with van der Waals surface area (Å²) in [5.74, 6) is 0.761. The van der Waals surface area contributed by atoms with Crippen LogP contribution in [-0.2, 0) is 13.0 Å². The van der Waals surface area contributed by atoms with E-state index in [1.807, 2.05) is 18.2 Å². The molecule has 6 rings (SSSR count). The lowest BCUT2D eigenvalue weighted by Crippen LogP contribution is -2.55. The van der Waals surface area contributed by atoms with Crippen molar-refractivity contribution in [2.45, 2.75) is 44.5 Å². The van der Waals surface area contributed by atoms with Crippen molar-refractivity contribution in [1.82, 2.24) is 20.2 Å². The summed E-state index contributed by atoms with van der Waals surface area (Å²) in [6, 6.07) is 13.1. The molecule has 5 heterocycles. The lowest BCUT2D eigenvalue weighted by Gasteiger charge is -2.43. The Morgan fingerprint density at radius 3 is 3.00 bits per heavy atom. The molecule has 0 saturated carbocycles. The minimum Gasteiger partial charge on any atom is -0.473 e. The van der Waals surface area contributed by atoms with Gasteiger partial charge in [0.2, 0.25) is 11.6 Å². The van der Waals surface area contributed by atoms with Gasteiger partial charge in [-0.05, 0) is 24.6 Å². The van der Waals surface area contributed by atoms with Crippen LogP contribution in [0.15, 0.2) is 42.6 Å². The van der Waals surface area contributed by atoms with Gasteiger partial charge in [-0.3, -0.25) is 9.88 Å². The van der Waals surface area contributed by atoms with Crippen LogP contribution in [0.4, 0.5) is 11.4 Å². The molecule has 7 heteroatoms. The summed E-state index contributed by atoms with van der Waals surface area (Å²) in [6.07, 6.45) is 3.89. The first-order valence-corrected chi connectivity index (χ1v) is 11.8. The average Bonchev–Trinajstić information content (AvgIpc) is 3.26. The van der Waals surface area contributed by atoms with Crippen molar-refractivity contribution in [3.05, 3.63) is 65.3 Å². The van der Waals surface area contributed by atoms with Crippen LogP contribution in [-0.4, -0.2) is 59.2 Å². The predicted molar refractivity (Wildman–Crippen MR) is 129 cm³/mol. The van der Waals surface area contributed by atoms with Gasteiger partial charge in [-0.2, -0.15) is 0 Å². The third-order valence-electron chi connectivity index (χ3n) is 7.27. The first-order chi connectivity index (χ1) is 16.2. The highest BCUT2D eigenvalue weighted by Crippen LogP contribution is 2.36. The molecule has 7 nitrogen and oxygen atoms in total. The normalized spacial score (nSPS) is 24.8. The number of hydrogen-bond donors (Lipinski definition) is 1. The standard InChI is InChI=1S/C26H28N6O/c1-17-14-31(24-7-6-23(27-2)26-21(24)4-3-10-29-26)15-19-12-20(16-32(17)19)33-25-8-5-18-13-28-11-9-22(18)30-25/h3-8,10,17,19-20,28H,9,11-16H2,1H3/t17-,19+,20?/m1/s1. The molecule has 2 fully saturated rings. The maximum absolute atomic E-state index is 7.48. The van der Waals surface area contributed by atoms with Gasteiger partial charge in [0.1, 0.15) is 6.10 Å². The monoisotopic (exact) mass is 440 g/mol. The van der Waals surface area contributed by atoms with E-state index < -0.39 is 0 Å². The fraction of sp³-hybridized carbons (Fsp3) is 0.423.